The highest BCUT2D eigenvalue weighted by atomic mass is 16.5. The van der Waals surface area contributed by atoms with Gasteiger partial charge in [-0.05, 0) is 12.8 Å². The molecular formula is C19H40O10. The fraction of sp³-hybridized carbons (Fsp3) is 1.00. The number of aliphatic hydroxyl groups is 5. The second kappa shape index (κ2) is 19.6. The molecule has 0 aromatic carbocycles. The van der Waals surface area contributed by atoms with Crippen LogP contribution in [-0.2, 0) is 23.7 Å². The Hall–Kier alpha value is -0.400. The summed E-state index contributed by atoms with van der Waals surface area (Å²) >= 11 is 0. The molecule has 0 amide bonds. The van der Waals surface area contributed by atoms with E-state index in [-0.39, 0.29) is 52.9 Å². The van der Waals surface area contributed by atoms with Gasteiger partial charge in [0.15, 0.2) is 0 Å². The molecule has 0 aliphatic carbocycles. The van der Waals surface area contributed by atoms with E-state index < -0.39 is 30.5 Å². The molecule has 0 aliphatic rings. The molecule has 5 unspecified atom stereocenters. The monoisotopic (exact) mass is 428 g/mol. The fourth-order valence-corrected chi connectivity index (χ4v) is 1.96. The van der Waals surface area contributed by atoms with Crippen molar-refractivity contribution < 1.29 is 49.2 Å². The van der Waals surface area contributed by atoms with Crippen molar-refractivity contribution in [2.45, 2.75) is 57.2 Å². The lowest BCUT2D eigenvalue weighted by atomic mass is 10.3. The molecule has 176 valence electrons. The van der Waals surface area contributed by atoms with E-state index in [1.165, 1.54) is 0 Å². The van der Waals surface area contributed by atoms with E-state index in [4.69, 9.17) is 23.7 Å². The molecule has 0 fully saturated rings. The largest absolute Gasteiger partial charge is 0.391 e. The van der Waals surface area contributed by atoms with Gasteiger partial charge < -0.3 is 49.2 Å². The Morgan fingerprint density at radius 2 is 0.655 bits per heavy atom. The summed E-state index contributed by atoms with van der Waals surface area (Å²) in [6.07, 6.45) is -2.37. The van der Waals surface area contributed by atoms with E-state index in [1.54, 1.807) is 0 Å². The van der Waals surface area contributed by atoms with Crippen LogP contribution in [0.3, 0.4) is 0 Å². The molecule has 0 saturated heterocycles. The Balaban J connectivity index is 3.50. The minimum absolute atomic E-state index is 0.00266. The van der Waals surface area contributed by atoms with Crippen molar-refractivity contribution in [2.24, 2.45) is 0 Å². The summed E-state index contributed by atoms with van der Waals surface area (Å²) in [6, 6.07) is 0. The molecule has 0 heterocycles. The Kier molecular flexibility index (Phi) is 19.3. The standard InChI is InChI=1S/C19H40O10/c1-3-15(20)7-25-5-6-26-9-17(22)10-28-13-19(24)14-29-12-18(23)11-27-8-16(21)4-2/h15-24H,3-14H2,1-2H3. The number of ether oxygens (including phenoxy) is 5. The highest BCUT2D eigenvalue weighted by molar-refractivity contribution is 4.58. The summed E-state index contributed by atoms with van der Waals surface area (Å²) in [4.78, 5) is 0. The third kappa shape index (κ3) is 19.3. The lowest BCUT2D eigenvalue weighted by Crippen LogP contribution is -2.30. The number of hydrogen-bond acceptors (Lipinski definition) is 10. The summed E-state index contributed by atoms with van der Waals surface area (Å²) < 4.78 is 26.0. The van der Waals surface area contributed by atoms with Gasteiger partial charge in [0, 0.05) is 0 Å². The molecule has 0 radical (unpaired) electrons. The number of rotatable bonds is 21. The van der Waals surface area contributed by atoms with Gasteiger partial charge in [-0.25, -0.2) is 0 Å². The summed E-state index contributed by atoms with van der Waals surface area (Å²) in [5.74, 6) is 0. The SMILES string of the molecule is CCC(O)COCCOCC(O)COCC(O)COCC(O)COCC(O)CC. The van der Waals surface area contributed by atoms with Crippen LogP contribution in [0.1, 0.15) is 26.7 Å². The van der Waals surface area contributed by atoms with Gasteiger partial charge in [-0.3, -0.25) is 0 Å². The average Bonchev–Trinajstić information content (AvgIpc) is 2.70. The summed E-state index contributed by atoms with van der Waals surface area (Å²) in [7, 11) is 0. The first-order chi connectivity index (χ1) is 13.9. The van der Waals surface area contributed by atoms with Crippen LogP contribution < -0.4 is 0 Å². The van der Waals surface area contributed by atoms with Gasteiger partial charge >= 0.3 is 0 Å². The Labute approximate surface area is 173 Å². The van der Waals surface area contributed by atoms with Crippen LogP contribution in [0.15, 0.2) is 0 Å². The molecule has 0 aromatic rings. The predicted octanol–water partition coefficient (Wildman–Crippen LogP) is -1.31. The highest BCUT2D eigenvalue weighted by Gasteiger charge is 2.11. The van der Waals surface area contributed by atoms with Gasteiger partial charge in [0.25, 0.3) is 0 Å². The molecule has 0 rings (SSSR count). The molecular weight excluding hydrogens is 388 g/mol. The summed E-state index contributed by atoms with van der Waals surface area (Å²) in [6.45, 7) is 4.81. The van der Waals surface area contributed by atoms with E-state index in [9.17, 15) is 25.5 Å². The summed E-state index contributed by atoms with van der Waals surface area (Å²) in [5.41, 5.74) is 0. The van der Waals surface area contributed by atoms with Crippen LogP contribution >= 0.6 is 0 Å². The maximum atomic E-state index is 9.75. The second-order valence-corrected chi connectivity index (χ2v) is 6.85. The second-order valence-electron chi connectivity index (χ2n) is 6.85. The summed E-state index contributed by atoms with van der Waals surface area (Å²) in [5, 5.41) is 47.8. The van der Waals surface area contributed by atoms with E-state index in [0.29, 0.717) is 26.1 Å². The van der Waals surface area contributed by atoms with Crippen molar-refractivity contribution in [3.05, 3.63) is 0 Å². The van der Waals surface area contributed by atoms with E-state index in [0.717, 1.165) is 0 Å². The molecule has 5 N–H and O–H groups in total. The molecule has 5 atom stereocenters. The van der Waals surface area contributed by atoms with Crippen LogP contribution in [0.5, 0.6) is 0 Å². The zero-order valence-electron chi connectivity index (χ0n) is 17.6. The number of hydrogen-bond donors (Lipinski definition) is 5. The van der Waals surface area contributed by atoms with Gasteiger partial charge in [-0.15, -0.1) is 0 Å². The van der Waals surface area contributed by atoms with Crippen LogP contribution in [0.2, 0.25) is 0 Å². The van der Waals surface area contributed by atoms with Crippen LogP contribution in [-0.4, -0.2) is 122 Å². The van der Waals surface area contributed by atoms with Crippen LogP contribution in [0, 0.1) is 0 Å². The lowest BCUT2D eigenvalue weighted by molar-refractivity contribution is -0.0771. The Bertz CT molecular complexity index is 347. The van der Waals surface area contributed by atoms with E-state index in [1.807, 2.05) is 13.8 Å². The molecule has 10 nitrogen and oxygen atoms in total. The number of aliphatic hydroxyl groups excluding tert-OH is 5. The van der Waals surface area contributed by atoms with Gasteiger partial charge in [0.1, 0.15) is 18.3 Å². The molecule has 0 spiro atoms. The van der Waals surface area contributed by atoms with Crippen molar-refractivity contribution in [3.63, 3.8) is 0 Å². The molecule has 29 heavy (non-hydrogen) atoms. The molecule has 0 aromatic heterocycles. The smallest absolute Gasteiger partial charge is 0.101 e. The lowest BCUT2D eigenvalue weighted by Gasteiger charge is -2.17. The van der Waals surface area contributed by atoms with Crippen molar-refractivity contribution in [2.75, 3.05) is 66.1 Å². The van der Waals surface area contributed by atoms with Crippen LogP contribution in [0.4, 0.5) is 0 Å². The Morgan fingerprint density at radius 3 is 0.966 bits per heavy atom. The third-order valence-corrected chi connectivity index (χ3v) is 3.80. The third-order valence-electron chi connectivity index (χ3n) is 3.80. The zero-order valence-corrected chi connectivity index (χ0v) is 17.6. The first kappa shape index (κ1) is 28.6. The normalized spacial score (nSPS) is 17.1. The van der Waals surface area contributed by atoms with Crippen molar-refractivity contribution >= 4 is 0 Å². The first-order valence-electron chi connectivity index (χ1n) is 10.2. The first-order valence-corrected chi connectivity index (χ1v) is 10.2. The zero-order chi connectivity index (χ0) is 21.9. The average molecular weight is 429 g/mol. The predicted molar refractivity (Wildman–Crippen MR) is 105 cm³/mol. The van der Waals surface area contributed by atoms with Gasteiger partial charge in [-0.2, -0.15) is 0 Å². The quantitative estimate of drug-likeness (QED) is 0.140. The molecule has 0 bridgehead atoms. The Morgan fingerprint density at radius 1 is 0.414 bits per heavy atom. The van der Waals surface area contributed by atoms with Gasteiger partial charge in [0.05, 0.1) is 78.3 Å². The van der Waals surface area contributed by atoms with Gasteiger partial charge in [-0.1, -0.05) is 13.8 Å². The fourth-order valence-electron chi connectivity index (χ4n) is 1.96. The topological polar surface area (TPSA) is 147 Å². The maximum absolute atomic E-state index is 9.75. The van der Waals surface area contributed by atoms with E-state index in [2.05, 4.69) is 0 Å². The van der Waals surface area contributed by atoms with Gasteiger partial charge in [0.2, 0.25) is 0 Å². The maximum Gasteiger partial charge on any atom is 0.101 e. The minimum Gasteiger partial charge on any atom is -0.391 e. The van der Waals surface area contributed by atoms with Crippen LogP contribution in [0.25, 0.3) is 0 Å². The highest BCUT2D eigenvalue weighted by Crippen LogP contribution is 1.96. The van der Waals surface area contributed by atoms with Crippen molar-refractivity contribution in [1.82, 2.24) is 0 Å². The molecule has 0 saturated carbocycles. The molecule has 0 aliphatic heterocycles. The van der Waals surface area contributed by atoms with Crippen molar-refractivity contribution in [3.8, 4) is 0 Å². The minimum atomic E-state index is -0.892. The molecule has 10 heteroatoms. The van der Waals surface area contributed by atoms with Crippen molar-refractivity contribution in [1.29, 1.82) is 0 Å². The van der Waals surface area contributed by atoms with E-state index >= 15 is 0 Å².